The molecule has 2 N–H and O–H groups in total. The number of urea groups is 1. The molecule has 2 aromatic rings. The molecule has 0 bridgehead atoms. The largest absolute Gasteiger partial charge is 0.478 e. The molecule has 0 aliphatic carbocycles. The maximum absolute atomic E-state index is 13.5. The van der Waals surface area contributed by atoms with Crippen LogP contribution in [0.25, 0.3) is 0 Å². The first-order valence-electron chi connectivity index (χ1n) is 11.7. The summed E-state index contributed by atoms with van der Waals surface area (Å²) in [7, 11) is -1.21. The van der Waals surface area contributed by atoms with Crippen LogP contribution in [0.1, 0.15) is 29.4 Å². The first kappa shape index (κ1) is 26.4. The van der Waals surface area contributed by atoms with Crippen LogP contribution in [0.2, 0.25) is 0 Å². The molecule has 10 nitrogen and oxygen atoms in total. The summed E-state index contributed by atoms with van der Waals surface area (Å²) < 4.78 is 23.7. The van der Waals surface area contributed by atoms with Crippen LogP contribution >= 0.6 is 0 Å². The number of nitrogens with zero attached hydrogens (tertiary/aromatic N) is 4. The van der Waals surface area contributed by atoms with E-state index in [9.17, 15) is 18.0 Å². The monoisotopic (exact) mass is 503 g/mol. The van der Waals surface area contributed by atoms with Crippen LogP contribution in [0.5, 0.6) is 0 Å². The van der Waals surface area contributed by atoms with Gasteiger partial charge in [-0.1, -0.05) is 6.92 Å². The fourth-order valence-electron chi connectivity index (χ4n) is 3.88. The summed E-state index contributed by atoms with van der Waals surface area (Å²) >= 11 is 0. The van der Waals surface area contributed by atoms with Gasteiger partial charge in [0.25, 0.3) is 0 Å². The number of carbonyl (C=O) groups is 2. The maximum atomic E-state index is 13.5. The van der Waals surface area contributed by atoms with Gasteiger partial charge in [-0.25, -0.2) is 18.0 Å². The summed E-state index contributed by atoms with van der Waals surface area (Å²) in [4.78, 5) is 34.2. The van der Waals surface area contributed by atoms with E-state index in [0.717, 1.165) is 31.7 Å². The number of nitrogens with one attached hydrogen (secondary N) is 1. The Bertz CT molecular complexity index is 1090. The summed E-state index contributed by atoms with van der Waals surface area (Å²) in [5.41, 5.74) is 2.29. The highest BCUT2D eigenvalue weighted by Crippen LogP contribution is 2.24. The van der Waals surface area contributed by atoms with Crippen LogP contribution in [-0.4, -0.2) is 86.7 Å². The predicted octanol–water partition coefficient (Wildman–Crippen LogP) is 2.07. The number of likely N-dealkylation sites (N-methyl/N-ethyl adjacent to an activating group) is 1. The van der Waals surface area contributed by atoms with E-state index in [1.54, 1.807) is 11.0 Å². The molecule has 3 rings (SSSR count). The lowest BCUT2D eigenvalue weighted by molar-refractivity contribution is 0.0696. The molecule has 1 aliphatic rings. The quantitative estimate of drug-likeness (QED) is 0.505. The number of carboxylic acids is 1. The molecule has 1 aromatic heterocycles. The zero-order chi connectivity index (χ0) is 25.4. The van der Waals surface area contributed by atoms with Crippen LogP contribution in [0.4, 0.5) is 16.2 Å². The van der Waals surface area contributed by atoms with Crippen LogP contribution in [-0.2, 0) is 16.4 Å². The van der Waals surface area contributed by atoms with Crippen LogP contribution < -0.4 is 15.1 Å². The highest BCUT2D eigenvalue weighted by Gasteiger charge is 2.29. The highest BCUT2D eigenvalue weighted by atomic mass is 32.2. The van der Waals surface area contributed by atoms with Crippen molar-refractivity contribution in [1.29, 1.82) is 0 Å². The van der Waals surface area contributed by atoms with E-state index in [1.165, 1.54) is 17.2 Å². The smallest absolute Gasteiger partial charge is 0.337 e. The number of rotatable bonds is 10. The molecular formula is C24H33N5O5S. The molecule has 11 heteroatoms. The Balaban J connectivity index is 1.86. The van der Waals surface area contributed by atoms with E-state index >= 15 is 0 Å². The number of pyridine rings is 1. The fourth-order valence-corrected chi connectivity index (χ4v) is 5.08. The van der Waals surface area contributed by atoms with Crippen molar-refractivity contribution in [2.45, 2.75) is 19.9 Å². The third-order valence-corrected chi connectivity index (χ3v) is 7.50. The molecule has 0 radical (unpaired) electrons. The molecular weight excluding hydrogens is 470 g/mol. The van der Waals surface area contributed by atoms with Gasteiger partial charge in [0.2, 0.25) is 0 Å². The van der Waals surface area contributed by atoms with Gasteiger partial charge in [-0.2, -0.15) is 0 Å². The van der Waals surface area contributed by atoms with Crippen molar-refractivity contribution in [1.82, 2.24) is 15.2 Å². The van der Waals surface area contributed by atoms with E-state index in [-0.39, 0.29) is 42.7 Å². The van der Waals surface area contributed by atoms with Gasteiger partial charge in [0.05, 0.1) is 29.3 Å². The van der Waals surface area contributed by atoms with Gasteiger partial charge in [-0.15, -0.1) is 0 Å². The van der Waals surface area contributed by atoms with E-state index in [1.807, 2.05) is 31.3 Å². The van der Waals surface area contributed by atoms with Gasteiger partial charge in [-0.05, 0) is 49.9 Å². The van der Waals surface area contributed by atoms with Gasteiger partial charge in [0.15, 0.2) is 9.84 Å². The highest BCUT2D eigenvalue weighted by molar-refractivity contribution is 7.91. The molecule has 1 saturated heterocycles. The topological polar surface area (TPSA) is 123 Å². The van der Waals surface area contributed by atoms with Gasteiger partial charge in [-0.3, -0.25) is 9.88 Å². The van der Waals surface area contributed by atoms with Crippen LogP contribution in [0, 0.1) is 0 Å². The normalized spacial score (nSPS) is 15.0. The fraction of sp³-hybridized carbons (Fsp3) is 0.458. The molecule has 35 heavy (non-hydrogen) atoms. The van der Waals surface area contributed by atoms with E-state index in [0.29, 0.717) is 11.4 Å². The minimum Gasteiger partial charge on any atom is -0.478 e. The molecule has 0 atom stereocenters. The standard InChI is InChI=1S/C24H33N5O5S/c1-3-11-27(12-10-25-2)21-6-8-22(9-7-21)29(18-20-5-4-19(17-26-20)23(30)31)24(32)28-13-15-35(33,34)16-14-28/h4-9,17,25H,3,10-16,18H2,1-2H3,(H,30,31). The van der Waals surface area contributed by atoms with Gasteiger partial charge in [0.1, 0.15) is 0 Å². The average molecular weight is 504 g/mol. The van der Waals surface area contributed by atoms with E-state index in [4.69, 9.17) is 5.11 Å². The second kappa shape index (κ2) is 12.0. The lowest BCUT2D eigenvalue weighted by atomic mass is 10.2. The van der Waals surface area contributed by atoms with Crippen molar-refractivity contribution in [2.75, 3.05) is 61.1 Å². The van der Waals surface area contributed by atoms with Gasteiger partial charge < -0.3 is 20.2 Å². The SMILES string of the molecule is CCCN(CCNC)c1ccc(N(Cc2ccc(C(=O)O)cn2)C(=O)N2CCS(=O)(=O)CC2)cc1. The second-order valence-corrected chi connectivity index (χ2v) is 10.8. The number of sulfone groups is 1. The minimum atomic E-state index is -3.13. The number of carbonyl (C=O) groups excluding carboxylic acids is 1. The molecule has 2 heterocycles. The first-order valence-corrected chi connectivity index (χ1v) is 13.5. The van der Waals surface area contributed by atoms with E-state index < -0.39 is 15.8 Å². The van der Waals surface area contributed by atoms with Gasteiger partial charge >= 0.3 is 12.0 Å². The summed E-state index contributed by atoms with van der Waals surface area (Å²) in [6, 6.07) is 10.4. The number of hydrogen-bond acceptors (Lipinski definition) is 7. The number of aromatic carboxylic acids is 1. The molecule has 1 aliphatic heterocycles. The molecule has 1 aromatic carbocycles. The van der Waals surface area contributed by atoms with Crippen molar-refractivity contribution >= 4 is 33.2 Å². The number of carboxylic acid groups (broad SMARTS) is 1. The molecule has 0 unspecified atom stereocenters. The summed E-state index contributed by atoms with van der Waals surface area (Å²) in [6.45, 7) is 5.13. The summed E-state index contributed by atoms with van der Waals surface area (Å²) in [5.74, 6) is -1.19. The van der Waals surface area contributed by atoms with Crippen molar-refractivity contribution in [3.05, 3.63) is 53.9 Å². The molecule has 2 amide bonds. The maximum Gasteiger partial charge on any atom is 0.337 e. The lowest BCUT2D eigenvalue weighted by Crippen LogP contribution is -2.49. The number of anilines is 2. The molecule has 190 valence electrons. The Morgan fingerprint density at radius 3 is 2.26 bits per heavy atom. The van der Waals surface area contributed by atoms with Crippen LogP contribution in [0.15, 0.2) is 42.6 Å². The van der Waals surface area contributed by atoms with Crippen molar-refractivity contribution in [2.24, 2.45) is 0 Å². The third-order valence-electron chi connectivity index (χ3n) is 5.89. The van der Waals surface area contributed by atoms with Gasteiger partial charge in [0, 0.05) is 50.3 Å². The summed E-state index contributed by atoms with van der Waals surface area (Å²) in [5, 5.41) is 12.3. The predicted molar refractivity (Wildman–Crippen MR) is 136 cm³/mol. The minimum absolute atomic E-state index is 0.0610. The number of hydrogen-bond donors (Lipinski definition) is 2. The Kier molecular flexibility index (Phi) is 9.05. The Morgan fingerprint density at radius 1 is 1.06 bits per heavy atom. The number of benzene rings is 1. The lowest BCUT2D eigenvalue weighted by Gasteiger charge is -2.33. The molecule has 1 fully saturated rings. The third kappa shape index (κ3) is 7.15. The average Bonchev–Trinajstić information content (AvgIpc) is 2.85. The Labute approximate surface area is 206 Å². The summed E-state index contributed by atoms with van der Waals surface area (Å²) in [6.07, 6.45) is 2.27. The number of aromatic nitrogens is 1. The molecule has 0 spiro atoms. The zero-order valence-electron chi connectivity index (χ0n) is 20.2. The zero-order valence-corrected chi connectivity index (χ0v) is 21.0. The van der Waals surface area contributed by atoms with E-state index in [2.05, 4.69) is 22.1 Å². The van der Waals surface area contributed by atoms with Crippen molar-refractivity contribution < 1.29 is 23.1 Å². The second-order valence-electron chi connectivity index (χ2n) is 8.46. The Morgan fingerprint density at radius 2 is 1.71 bits per heavy atom. The first-order chi connectivity index (χ1) is 16.7. The van der Waals surface area contributed by atoms with Crippen molar-refractivity contribution in [3.63, 3.8) is 0 Å². The Hall–Kier alpha value is -3.18. The number of amides is 2. The van der Waals surface area contributed by atoms with Crippen LogP contribution in [0.3, 0.4) is 0 Å². The molecule has 0 saturated carbocycles. The van der Waals surface area contributed by atoms with Crippen molar-refractivity contribution in [3.8, 4) is 0 Å².